The van der Waals surface area contributed by atoms with Gasteiger partial charge in [0.15, 0.2) is 9.84 Å². The molecule has 0 bridgehead atoms. The standard InChI is InChI=1S/C39H45IN6O10S2/c1-39(2,3)56-38(48)41-21-29(47)25-57(49,50)34-20-19-33(40)35(37-42-44-46(43-37)24-28-11-17-32(55-6)18-12-28)36(34)58(51,52)45(22-26-7-13-30(53-4)14-8-26)23-27-9-15-31(54-5)16-10-27/h7-20,29,47H,21-25H2,1-6H3,(H,41,48)/t29-/m0/s1. The maximum Gasteiger partial charge on any atom is 0.407 e. The summed E-state index contributed by atoms with van der Waals surface area (Å²) in [5.74, 6) is 0.683. The largest absolute Gasteiger partial charge is 0.497 e. The normalized spacial score (nSPS) is 12.6. The van der Waals surface area contributed by atoms with Crippen LogP contribution in [0, 0.1) is 3.57 Å². The molecule has 0 aliphatic carbocycles. The van der Waals surface area contributed by atoms with Crippen LogP contribution in [0.25, 0.3) is 11.4 Å². The van der Waals surface area contributed by atoms with Crippen molar-refractivity contribution >= 4 is 48.5 Å². The van der Waals surface area contributed by atoms with Crippen LogP contribution in [0.4, 0.5) is 4.79 Å². The minimum atomic E-state index is -4.80. The molecule has 0 aliphatic heterocycles. The summed E-state index contributed by atoms with van der Waals surface area (Å²) in [7, 11) is -4.84. The average Bonchev–Trinajstić information content (AvgIpc) is 3.64. The van der Waals surface area contributed by atoms with E-state index in [1.807, 2.05) is 34.7 Å². The van der Waals surface area contributed by atoms with Gasteiger partial charge in [0.25, 0.3) is 0 Å². The van der Waals surface area contributed by atoms with E-state index in [2.05, 4.69) is 20.7 Å². The van der Waals surface area contributed by atoms with Crippen LogP contribution in [-0.2, 0) is 44.2 Å². The van der Waals surface area contributed by atoms with E-state index in [1.54, 1.807) is 88.5 Å². The number of ether oxygens (including phenoxy) is 4. The van der Waals surface area contributed by atoms with E-state index in [0.717, 1.165) is 9.87 Å². The topological polar surface area (TPSA) is 201 Å². The van der Waals surface area contributed by atoms with Crippen molar-refractivity contribution in [3.8, 4) is 28.6 Å². The molecule has 16 nitrogen and oxygen atoms in total. The fourth-order valence-electron chi connectivity index (χ4n) is 5.69. The summed E-state index contributed by atoms with van der Waals surface area (Å²) in [5, 5.41) is 26.2. The summed E-state index contributed by atoms with van der Waals surface area (Å²) in [6.45, 7) is 4.28. The van der Waals surface area contributed by atoms with Gasteiger partial charge in [-0.15, -0.1) is 10.2 Å². The summed E-state index contributed by atoms with van der Waals surface area (Å²) in [5.41, 5.74) is 1.03. The summed E-state index contributed by atoms with van der Waals surface area (Å²) in [4.78, 5) is 12.4. The third kappa shape index (κ3) is 11.4. The van der Waals surface area contributed by atoms with Gasteiger partial charge >= 0.3 is 6.09 Å². The third-order valence-electron chi connectivity index (χ3n) is 8.49. The van der Waals surface area contributed by atoms with Gasteiger partial charge in [-0.25, -0.2) is 21.6 Å². The Morgan fingerprint density at radius 1 is 0.810 bits per heavy atom. The monoisotopic (exact) mass is 948 g/mol. The third-order valence-corrected chi connectivity index (χ3v) is 13.2. The molecule has 58 heavy (non-hydrogen) atoms. The second kappa shape index (κ2) is 18.8. The highest BCUT2D eigenvalue weighted by atomic mass is 127. The number of aromatic nitrogens is 4. The van der Waals surface area contributed by atoms with E-state index in [1.165, 1.54) is 31.1 Å². The second-order valence-electron chi connectivity index (χ2n) is 14.0. The molecule has 0 fully saturated rings. The Morgan fingerprint density at radius 3 is 1.79 bits per heavy atom. The number of carbonyl (C=O) groups is 1. The molecule has 0 saturated carbocycles. The molecule has 1 atom stereocenters. The van der Waals surface area contributed by atoms with Crippen LogP contribution in [-0.4, -0.2) is 97.9 Å². The fraction of sp³-hybridized carbons (Fsp3) is 0.333. The molecule has 1 amide bonds. The van der Waals surface area contributed by atoms with Crippen LogP contribution in [0.5, 0.6) is 17.2 Å². The van der Waals surface area contributed by atoms with Crippen molar-refractivity contribution in [1.29, 1.82) is 0 Å². The number of nitrogens with one attached hydrogen (secondary N) is 1. The number of benzene rings is 4. The number of aliphatic hydroxyl groups is 1. The molecule has 1 aromatic heterocycles. The first-order chi connectivity index (χ1) is 27.4. The predicted molar refractivity (Wildman–Crippen MR) is 223 cm³/mol. The van der Waals surface area contributed by atoms with Crippen LogP contribution >= 0.6 is 22.6 Å². The van der Waals surface area contributed by atoms with E-state index in [0.29, 0.717) is 31.9 Å². The molecule has 5 rings (SSSR count). The lowest BCUT2D eigenvalue weighted by molar-refractivity contribution is 0.0498. The van der Waals surface area contributed by atoms with Crippen molar-refractivity contribution in [2.45, 2.75) is 61.9 Å². The Morgan fingerprint density at radius 2 is 1.31 bits per heavy atom. The lowest BCUT2D eigenvalue weighted by Gasteiger charge is -2.26. The predicted octanol–water partition coefficient (Wildman–Crippen LogP) is 5.07. The number of sulfonamides is 1. The molecular weight excluding hydrogens is 903 g/mol. The Balaban J connectivity index is 1.64. The number of amides is 1. The van der Waals surface area contributed by atoms with Crippen molar-refractivity contribution in [1.82, 2.24) is 29.8 Å². The Kier molecular flexibility index (Phi) is 14.4. The molecule has 0 saturated heterocycles. The van der Waals surface area contributed by atoms with Crippen molar-refractivity contribution in [3.05, 3.63) is 105 Å². The molecule has 5 aromatic rings. The molecule has 0 radical (unpaired) electrons. The number of aliphatic hydroxyl groups excluding tert-OH is 1. The van der Waals surface area contributed by atoms with Crippen LogP contribution in [0.1, 0.15) is 37.5 Å². The van der Waals surface area contributed by atoms with Gasteiger partial charge < -0.3 is 29.4 Å². The summed E-state index contributed by atoms with van der Waals surface area (Å²) < 4.78 is 82.0. The molecule has 2 N–H and O–H groups in total. The molecular formula is C39H45IN6O10S2. The zero-order valence-corrected chi connectivity index (χ0v) is 36.5. The first-order valence-corrected chi connectivity index (χ1v) is 22.0. The Bertz CT molecular complexity index is 2360. The SMILES string of the molecule is COc1ccc(CN(Cc2ccc(OC)cc2)S(=O)(=O)c2c(S(=O)(=O)C[C@@H](O)CNC(=O)OC(C)(C)C)ccc(I)c2-c2nnn(Cc3ccc(OC)cc3)n2)cc1. The molecule has 1 heterocycles. The van der Waals surface area contributed by atoms with Crippen LogP contribution in [0.15, 0.2) is 94.7 Å². The first-order valence-electron chi connectivity index (χ1n) is 17.8. The summed E-state index contributed by atoms with van der Waals surface area (Å²) in [6, 6.07) is 23.4. The number of sulfone groups is 1. The van der Waals surface area contributed by atoms with Gasteiger partial charge in [0.1, 0.15) is 27.7 Å². The number of alkyl carbamates (subject to hydrolysis) is 1. The minimum absolute atomic E-state index is 0.0986. The zero-order chi connectivity index (χ0) is 42.3. The van der Waals surface area contributed by atoms with Gasteiger partial charge in [0.2, 0.25) is 15.8 Å². The van der Waals surface area contributed by atoms with Gasteiger partial charge in [-0.2, -0.15) is 9.10 Å². The molecule has 0 aliphatic rings. The van der Waals surface area contributed by atoms with Crippen molar-refractivity contribution < 1.29 is 45.7 Å². The van der Waals surface area contributed by atoms with Crippen molar-refractivity contribution in [3.63, 3.8) is 0 Å². The molecule has 0 spiro atoms. The molecule has 4 aromatic carbocycles. The van der Waals surface area contributed by atoms with E-state index in [-0.39, 0.29) is 31.0 Å². The summed E-state index contributed by atoms with van der Waals surface area (Å²) in [6.07, 6.45) is -2.51. The maximum atomic E-state index is 15.4. The van der Waals surface area contributed by atoms with Gasteiger partial charge in [-0.1, -0.05) is 36.4 Å². The van der Waals surface area contributed by atoms with Gasteiger partial charge in [-0.05, 0) is 114 Å². The quantitative estimate of drug-likeness (QED) is 0.117. The second-order valence-corrected chi connectivity index (χ2v) is 19.1. The Hall–Kier alpha value is -4.83. The van der Waals surface area contributed by atoms with Crippen molar-refractivity contribution in [2.24, 2.45) is 0 Å². The lowest BCUT2D eigenvalue weighted by Crippen LogP contribution is -2.39. The smallest absolute Gasteiger partial charge is 0.407 e. The van der Waals surface area contributed by atoms with Gasteiger partial charge in [-0.3, -0.25) is 0 Å². The highest BCUT2D eigenvalue weighted by Crippen LogP contribution is 2.38. The zero-order valence-electron chi connectivity index (χ0n) is 32.7. The average molecular weight is 949 g/mol. The maximum absolute atomic E-state index is 15.4. The molecule has 19 heteroatoms. The van der Waals surface area contributed by atoms with E-state index in [4.69, 9.17) is 18.9 Å². The number of halogens is 1. The number of tetrazole rings is 1. The van der Waals surface area contributed by atoms with Crippen LogP contribution < -0.4 is 19.5 Å². The van der Waals surface area contributed by atoms with Gasteiger partial charge in [0, 0.05) is 23.2 Å². The van der Waals surface area contributed by atoms with Crippen LogP contribution in [0.3, 0.4) is 0 Å². The fourth-order valence-corrected chi connectivity index (χ4v) is 10.4. The minimum Gasteiger partial charge on any atom is -0.497 e. The summed E-state index contributed by atoms with van der Waals surface area (Å²) >= 11 is 1.91. The van der Waals surface area contributed by atoms with E-state index >= 15 is 8.42 Å². The lowest BCUT2D eigenvalue weighted by atomic mass is 10.2. The number of carbonyl (C=O) groups excluding carboxylic acids is 1. The number of nitrogens with zero attached hydrogens (tertiary/aromatic N) is 5. The van der Waals surface area contributed by atoms with E-state index in [9.17, 15) is 18.3 Å². The number of hydrogen-bond donors (Lipinski definition) is 2. The van der Waals surface area contributed by atoms with Crippen molar-refractivity contribution in [2.75, 3.05) is 33.6 Å². The highest BCUT2D eigenvalue weighted by molar-refractivity contribution is 14.1. The van der Waals surface area contributed by atoms with Crippen LogP contribution in [0.2, 0.25) is 0 Å². The number of rotatable bonds is 17. The number of methoxy groups -OCH3 is 3. The number of hydrogen-bond acceptors (Lipinski definition) is 13. The molecule has 0 unspecified atom stereocenters. The molecule has 310 valence electrons. The first kappa shape index (κ1) is 44.3. The Labute approximate surface area is 351 Å². The highest BCUT2D eigenvalue weighted by Gasteiger charge is 2.38. The van der Waals surface area contributed by atoms with E-state index < -0.39 is 59.7 Å². The van der Waals surface area contributed by atoms with Gasteiger partial charge in [0.05, 0.1) is 50.2 Å².